The van der Waals surface area contributed by atoms with E-state index < -0.39 is 24.1 Å². The zero-order valence-corrected chi connectivity index (χ0v) is 18.7. The maximum atomic E-state index is 13.9. The van der Waals surface area contributed by atoms with Crippen LogP contribution in [0.4, 0.5) is 10.1 Å². The minimum atomic E-state index is -0.683. The molecule has 0 bridgehead atoms. The lowest BCUT2D eigenvalue weighted by Gasteiger charge is -2.29. The fraction of sp³-hybridized carbons (Fsp3) is 0.160. The first-order valence-corrected chi connectivity index (χ1v) is 10.8. The van der Waals surface area contributed by atoms with Crippen molar-refractivity contribution in [3.63, 3.8) is 0 Å². The zero-order valence-electron chi connectivity index (χ0n) is 17.9. The fourth-order valence-electron chi connectivity index (χ4n) is 3.36. The van der Waals surface area contributed by atoms with Crippen molar-refractivity contribution in [2.75, 3.05) is 24.7 Å². The first-order valence-electron chi connectivity index (χ1n) is 10.4. The van der Waals surface area contributed by atoms with E-state index >= 15 is 0 Å². The molecular formula is C25H20ClFN2O5. The number of anilines is 1. The maximum Gasteiger partial charge on any atom is 0.265 e. The van der Waals surface area contributed by atoms with E-state index in [0.29, 0.717) is 18.0 Å². The van der Waals surface area contributed by atoms with Crippen molar-refractivity contribution in [2.45, 2.75) is 6.54 Å². The number of rotatable bonds is 8. The SMILES string of the molecule is O=C(CN1C(=O)COc2ccc(C(=O)COc3ccc(Cl)cc3F)cc21)NCc1ccccc1. The van der Waals surface area contributed by atoms with Crippen LogP contribution < -0.4 is 19.7 Å². The van der Waals surface area contributed by atoms with E-state index in [1.165, 1.54) is 29.2 Å². The molecule has 4 rings (SSSR count). The van der Waals surface area contributed by atoms with E-state index in [4.69, 9.17) is 21.1 Å². The molecule has 0 saturated heterocycles. The average molecular weight is 483 g/mol. The summed E-state index contributed by atoms with van der Waals surface area (Å²) < 4.78 is 24.6. The number of halogens is 2. The van der Waals surface area contributed by atoms with Crippen molar-refractivity contribution in [3.8, 4) is 11.5 Å². The van der Waals surface area contributed by atoms with Crippen molar-refractivity contribution in [3.05, 3.63) is 88.7 Å². The van der Waals surface area contributed by atoms with Crippen LogP contribution in [0.25, 0.3) is 0 Å². The van der Waals surface area contributed by atoms with Gasteiger partial charge in [-0.2, -0.15) is 0 Å². The Morgan fingerprint density at radius 1 is 1.09 bits per heavy atom. The molecule has 0 fully saturated rings. The molecule has 2 amide bonds. The average Bonchev–Trinajstić information content (AvgIpc) is 2.84. The van der Waals surface area contributed by atoms with E-state index in [0.717, 1.165) is 11.6 Å². The Balaban J connectivity index is 1.44. The number of nitrogens with one attached hydrogen (secondary N) is 1. The van der Waals surface area contributed by atoms with Gasteiger partial charge in [0.05, 0.1) is 5.69 Å². The predicted molar refractivity (Wildman–Crippen MR) is 124 cm³/mol. The highest BCUT2D eigenvalue weighted by Crippen LogP contribution is 2.33. The molecule has 0 atom stereocenters. The Labute approximate surface area is 200 Å². The molecule has 9 heteroatoms. The number of carbonyl (C=O) groups excluding carboxylic acids is 3. The van der Waals surface area contributed by atoms with Crippen molar-refractivity contribution in [2.24, 2.45) is 0 Å². The van der Waals surface area contributed by atoms with Gasteiger partial charge in [0, 0.05) is 17.1 Å². The Bertz CT molecular complexity index is 1240. The Morgan fingerprint density at radius 2 is 1.88 bits per heavy atom. The molecule has 3 aromatic rings. The zero-order chi connectivity index (χ0) is 24.1. The van der Waals surface area contributed by atoms with E-state index in [9.17, 15) is 18.8 Å². The Morgan fingerprint density at radius 3 is 2.65 bits per heavy atom. The summed E-state index contributed by atoms with van der Waals surface area (Å²) >= 11 is 5.72. The highest BCUT2D eigenvalue weighted by atomic mass is 35.5. The van der Waals surface area contributed by atoms with Crippen LogP contribution in [0.2, 0.25) is 5.02 Å². The summed E-state index contributed by atoms with van der Waals surface area (Å²) in [6, 6.07) is 17.8. The number of hydrogen-bond acceptors (Lipinski definition) is 5. The molecule has 1 aliphatic heterocycles. The summed E-state index contributed by atoms with van der Waals surface area (Å²) in [4.78, 5) is 38.9. The molecule has 7 nitrogen and oxygen atoms in total. The predicted octanol–water partition coefficient (Wildman–Crippen LogP) is 3.78. The molecule has 174 valence electrons. The van der Waals surface area contributed by atoms with E-state index in [1.807, 2.05) is 30.3 Å². The third-order valence-electron chi connectivity index (χ3n) is 5.11. The largest absolute Gasteiger partial charge is 0.482 e. The number of ketones is 1. The van der Waals surface area contributed by atoms with E-state index in [1.54, 1.807) is 6.07 Å². The second kappa shape index (κ2) is 10.4. The van der Waals surface area contributed by atoms with Crippen molar-refractivity contribution in [1.29, 1.82) is 0 Å². The summed E-state index contributed by atoms with van der Waals surface area (Å²) in [6.45, 7) is -0.552. The van der Waals surface area contributed by atoms with Gasteiger partial charge in [-0.05, 0) is 42.0 Å². The Hall–Kier alpha value is -3.91. The molecule has 0 aliphatic carbocycles. The van der Waals surface area contributed by atoms with Gasteiger partial charge >= 0.3 is 0 Å². The summed E-state index contributed by atoms with van der Waals surface area (Å²) in [7, 11) is 0. The van der Waals surface area contributed by atoms with Gasteiger partial charge in [0.15, 0.2) is 30.6 Å². The van der Waals surface area contributed by atoms with Crippen LogP contribution >= 0.6 is 11.6 Å². The van der Waals surface area contributed by atoms with Crippen molar-refractivity contribution in [1.82, 2.24) is 5.32 Å². The van der Waals surface area contributed by atoms with Crippen LogP contribution in [0.5, 0.6) is 11.5 Å². The molecule has 0 unspecified atom stereocenters. The second-order valence-electron chi connectivity index (χ2n) is 7.50. The third-order valence-corrected chi connectivity index (χ3v) is 5.35. The monoisotopic (exact) mass is 482 g/mol. The van der Waals surface area contributed by atoms with Crippen LogP contribution in [0, 0.1) is 5.82 Å². The Kier molecular flexibility index (Phi) is 7.08. The maximum absolute atomic E-state index is 13.9. The van der Waals surface area contributed by atoms with E-state index in [2.05, 4.69) is 5.32 Å². The lowest BCUT2D eigenvalue weighted by atomic mass is 10.1. The molecule has 0 saturated carbocycles. The normalized spacial score (nSPS) is 12.5. The minimum absolute atomic E-state index is 0.106. The first-order chi connectivity index (χ1) is 16.4. The molecule has 3 aromatic carbocycles. The van der Waals surface area contributed by atoms with Gasteiger partial charge in [-0.1, -0.05) is 41.9 Å². The third kappa shape index (κ3) is 5.52. The number of hydrogen-bond donors (Lipinski definition) is 1. The van der Waals surface area contributed by atoms with Gasteiger partial charge in [-0.25, -0.2) is 4.39 Å². The highest BCUT2D eigenvalue weighted by Gasteiger charge is 2.28. The molecule has 0 spiro atoms. The van der Waals surface area contributed by atoms with Crippen LogP contribution in [0.1, 0.15) is 15.9 Å². The van der Waals surface area contributed by atoms with E-state index in [-0.39, 0.29) is 35.4 Å². The van der Waals surface area contributed by atoms with Gasteiger partial charge < -0.3 is 14.8 Å². The van der Waals surface area contributed by atoms with Crippen molar-refractivity contribution >= 4 is 34.9 Å². The topological polar surface area (TPSA) is 84.9 Å². The summed E-state index contributed by atoms with van der Waals surface area (Å²) in [6.07, 6.45) is 0. The summed E-state index contributed by atoms with van der Waals surface area (Å²) in [5, 5.41) is 2.99. The molecule has 34 heavy (non-hydrogen) atoms. The highest BCUT2D eigenvalue weighted by molar-refractivity contribution is 6.30. The number of carbonyl (C=O) groups is 3. The van der Waals surface area contributed by atoms with Gasteiger partial charge in [0.25, 0.3) is 5.91 Å². The molecule has 1 heterocycles. The van der Waals surface area contributed by atoms with Gasteiger partial charge in [0.1, 0.15) is 12.3 Å². The van der Waals surface area contributed by atoms with Crippen molar-refractivity contribution < 1.29 is 28.2 Å². The van der Waals surface area contributed by atoms with Crippen LogP contribution in [-0.2, 0) is 16.1 Å². The summed E-state index contributed by atoms with van der Waals surface area (Å²) in [5.74, 6) is -1.63. The first kappa shape index (κ1) is 23.3. The van der Waals surface area contributed by atoms with Gasteiger partial charge in [-0.15, -0.1) is 0 Å². The van der Waals surface area contributed by atoms with Crippen LogP contribution in [-0.4, -0.2) is 37.4 Å². The lowest BCUT2D eigenvalue weighted by molar-refractivity contribution is -0.125. The summed E-state index contributed by atoms with van der Waals surface area (Å²) in [5.41, 5.74) is 1.45. The number of nitrogens with zero attached hydrogens (tertiary/aromatic N) is 1. The molecule has 0 aromatic heterocycles. The van der Waals surface area contributed by atoms with Gasteiger partial charge in [0.2, 0.25) is 5.91 Å². The number of fused-ring (bicyclic) bond motifs is 1. The quantitative estimate of drug-likeness (QED) is 0.494. The molecular weight excluding hydrogens is 463 g/mol. The smallest absolute Gasteiger partial charge is 0.265 e. The lowest BCUT2D eigenvalue weighted by Crippen LogP contribution is -2.45. The standard InChI is InChI=1S/C25H20ClFN2O5/c26-18-7-9-22(19(27)11-18)33-14-21(30)17-6-8-23-20(10-17)29(25(32)15-34-23)13-24(31)28-12-16-4-2-1-3-5-16/h1-11H,12-15H2,(H,28,31). The van der Waals surface area contributed by atoms with Crippen LogP contribution in [0.3, 0.4) is 0 Å². The number of Topliss-reactive ketones (excluding diaryl/α,β-unsaturated/α-hetero) is 1. The number of amides is 2. The molecule has 1 aliphatic rings. The fourth-order valence-corrected chi connectivity index (χ4v) is 3.52. The second-order valence-corrected chi connectivity index (χ2v) is 7.94. The molecule has 1 N–H and O–H groups in total. The number of benzene rings is 3. The number of ether oxygens (including phenoxy) is 2. The van der Waals surface area contributed by atoms with Gasteiger partial charge in [-0.3, -0.25) is 19.3 Å². The minimum Gasteiger partial charge on any atom is -0.482 e. The molecule has 0 radical (unpaired) electrons. The van der Waals surface area contributed by atoms with Crippen LogP contribution in [0.15, 0.2) is 66.7 Å².